The van der Waals surface area contributed by atoms with E-state index in [0.717, 1.165) is 17.9 Å². The minimum Gasteiger partial charge on any atom is -0.443 e. The van der Waals surface area contributed by atoms with Crippen LogP contribution in [0.25, 0.3) is 0 Å². The van der Waals surface area contributed by atoms with E-state index in [9.17, 15) is 9.59 Å². The van der Waals surface area contributed by atoms with Gasteiger partial charge in [-0.1, -0.05) is 6.92 Å². The normalized spacial score (nSPS) is 12.0. The Morgan fingerprint density at radius 3 is 1.41 bits per heavy atom. The standard InChI is InChI=1S/C19H37NO7/c1-8-10-23-12-14-25-15-13-24-11-9-20(16(21)26-18(2,3)4)17(22)27-19(5,6)7/h8-15H2,1-7H3. The molecule has 0 aromatic rings. The number of hydrogen-bond donors (Lipinski definition) is 0. The van der Waals surface area contributed by atoms with Crippen molar-refractivity contribution in [2.24, 2.45) is 0 Å². The van der Waals surface area contributed by atoms with Gasteiger partial charge in [-0.25, -0.2) is 14.5 Å². The van der Waals surface area contributed by atoms with Gasteiger partial charge in [0.15, 0.2) is 0 Å². The molecule has 0 aliphatic carbocycles. The third kappa shape index (κ3) is 15.4. The van der Waals surface area contributed by atoms with Crippen molar-refractivity contribution in [3.63, 3.8) is 0 Å². The summed E-state index contributed by atoms with van der Waals surface area (Å²) in [4.78, 5) is 25.5. The Balaban J connectivity index is 4.29. The fourth-order valence-electron chi connectivity index (χ4n) is 1.73. The predicted octanol–water partition coefficient (Wildman–Crippen LogP) is 3.62. The van der Waals surface area contributed by atoms with Crippen LogP contribution in [0.5, 0.6) is 0 Å². The zero-order valence-corrected chi connectivity index (χ0v) is 18.0. The van der Waals surface area contributed by atoms with Gasteiger partial charge in [-0.15, -0.1) is 0 Å². The topological polar surface area (TPSA) is 83.5 Å². The van der Waals surface area contributed by atoms with Crippen molar-refractivity contribution in [2.75, 3.05) is 46.2 Å². The van der Waals surface area contributed by atoms with Gasteiger partial charge in [0.05, 0.1) is 39.6 Å². The van der Waals surface area contributed by atoms with E-state index in [-0.39, 0.29) is 13.2 Å². The van der Waals surface area contributed by atoms with E-state index in [1.807, 2.05) is 6.92 Å². The quantitative estimate of drug-likeness (QED) is 0.497. The van der Waals surface area contributed by atoms with Crippen molar-refractivity contribution in [1.29, 1.82) is 0 Å². The van der Waals surface area contributed by atoms with Crippen LogP contribution in [0.3, 0.4) is 0 Å². The van der Waals surface area contributed by atoms with Crippen molar-refractivity contribution in [2.45, 2.75) is 66.1 Å². The summed E-state index contributed by atoms with van der Waals surface area (Å²) >= 11 is 0. The second kappa shape index (κ2) is 12.9. The van der Waals surface area contributed by atoms with Crippen LogP contribution in [0.15, 0.2) is 0 Å². The zero-order chi connectivity index (χ0) is 20.9. The van der Waals surface area contributed by atoms with Crippen LogP contribution < -0.4 is 0 Å². The fraction of sp³-hybridized carbons (Fsp3) is 0.895. The van der Waals surface area contributed by atoms with E-state index in [1.165, 1.54) is 0 Å². The summed E-state index contributed by atoms with van der Waals surface area (Å²) in [6.45, 7) is 15.2. The maximum atomic E-state index is 12.3. The van der Waals surface area contributed by atoms with Gasteiger partial charge in [0.2, 0.25) is 0 Å². The van der Waals surface area contributed by atoms with Crippen molar-refractivity contribution >= 4 is 12.2 Å². The lowest BCUT2D eigenvalue weighted by Gasteiger charge is -2.28. The molecule has 160 valence electrons. The van der Waals surface area contributed by atoms with E-state index < -0.39 is 23.4 Å². The summed E-state index contributed by atoms with van der Waals surface area (Å²) < 4.78 is 26.6. The van der Waals surface area contributed by atoms with E-state index in [4.69, 9.17) is 23.7 Å². The van der Waals surface area contributed by atoms with E-state index in [1.54, 1.807) is 41.5 Å². The molecule has 0 spiro atoms. The smallest absolute Gasteiger partial charge is 0.419 e. The number of hydrogen-bond acceptors (Lipinski definition) is 7. The van der Waals surface area contributed by atoms with Gasteiger partial charge < -0.3 is 23.7 Å². The number of amides is 2. The maximum Gasteiger partial charge on any atom is 0.419 e. The lowest BCUT2D eigenvalue weighted by Crippen LogP contribution is -2.45. The fourth-order valence-corrected chi connectivity index (χ4v) is 1.73. The van der Waals surface area contributed by atoms with Crippen LogP contribution in [0.4, 0.5) is 9.59 Å². The predicted molar refractivity (Wildman–Crippen MR) is 102 cm³/mol. The van der Waals surface area contributed by atoms with E-state index in [2.05, 4.69) is 0 Å². The summed E-state index contributed by atoms with van der Waals surface area (Å²) in [5.41, 5.74) is -1.43. The van der Waals surface area contributed by atoms with E-state index in [0.29, 0.717) is 26.4 Å². The number of rotatable bonds is 11. The van der Waals surface area contributed by atoms with Gasteiger partial charge in [0.1, 0.15) is 11.2 Å². The molecule has 0 radical (unpaired) electrons. The molecule has 0 saturated carbocycles. The van der Waals surface area contributed by atoms with Crippen LogP contribution in [0.1, 0.15) is 54.9 Å². The maximum absolute atomic E-state index is 12.3. The van der Waals surface area contributed by atoms with Crippen LogP contribution in [0, 0.1) is 0 Å². The Labute approximate surface area is 163 Å². The minimum atomic E-state index is -0.760. The molecule has 0 heterocycles. The third-order valence-corrected chi connectivity index (χ3v) is 2.78. The number of imide groups is 1. The van der Waals surface area contributed by atoms with Crippen molar-refractivity contribution in [3.05, 3.63) is 0 Å². The molecule has 0 N–H and O–H groups in total. The van der Waals surface area contributed by atoms with Crippen LogP contribution in [-0.4, -0.2) is 74.5 Å². The average molecular weight is 392 g/mol. The molecule has 8 heteroatoms. The molecule has 0 atom stereocenters. The first-order chi connectivity index (χ1) is 12.5. The van der Waals surface area contributed by atoms with Crippen molar-refractivity contribution < 1.29 is 33.3 Å². The van der Waals surface area contributed by atoms with Gasteiger partial charge in [0.25, 0.3) is 0 Å². The molecule has 0 bridgehead atoms. The molecule has 2 amide bonds. The van der Waals surface area contributed by atoms with Gasteiger partial charge >= 0.3 is 12.2 Å². The molecule has 0 unspecified atom stereocenters. The van der Waals surface area contributed by atoms with E-state index >= 15 is 0 Å². The molecule has 0 aliphatic heterocycles. The lowest BCUT2D eigenvalue weighted by atomic mass is 10.2. The Hall–Kier alpha value is -1.38. The molecule has 27 heavy (non-hydrogen) atoms. The monoisotopic (exact) mass is 391 g/mol. The molecular weight excluding hydrogens is 354 g/mol. The highest BCUT2D eigenvalue weighted by atomic mass is 16.6. The largest absolute Gasteiger partial charge is 0.443 e. The molecule has 0 aromatic carbocycles. The molecular formula is C19H37NO7. The van der Waals surface area contributed by atoms with Crippen LogP contribution in [-0.2, 0) is 23.7 Å². The number of carbonyl (C=O) groups is 2. The van der Waals surface area contributed by atoms with Gasteiger partial charge in [-0.05, 0) is 48.0 Å². The summed E-state index contributed by atoms with van der Waals surface area (Å²) in [6.07, 6.45) is -0.538. The number of ether oxygens (including phenoxy) is 5. The Morgan fingerprint density at radius 1 is 0.667 bits per heavy atom. The third-order valence-electron chi connectivity index (χ3n) is 2.78. The highest BCUT2D eigenvalue weighted by molar-refractivity contribution is 5.88. The Bertz CT molecular complexity index is 399. The SMILES string of the molecule is CCCOCCOCCOCCN(C(=O)OC(C)(C)C)C(=O)OC(C)(C)C. The van der Waals surface area contributed by atoms with Crippen LogP contribution in [0.2, 0.25) is 0 Å². The molecule has 0 aliphatic rings. The lowest BCUT2D eigenvalue weighted by molar-refractivity contribution is -0.0111. The Kier molecular flexibility index (Phi) is 12.2. The first kappa shape index (κ1) is 25.6. The molecule has 0 aromatic heterocycles. The second-order valence-corrected chi connectivity index (χ2v) is 7.95. The highest BCUT2D eigenvalue weighted by Gasteiger charge is 2.30. The van der Waals surface area contributed by atoms with Gasteiger partial charge in [0, 0.05) is 6.61 Å². The van der Waals surface area contributed by atoms with Crippen molar-refractivity contribution in [1.82, 2.24) is 4.90 Å². The zero-order valence-electron chi connectivity index (χ0n) is 18.0. The summed E-state index contributed by atoms with van der Waals surface area (Å²) in [5, 5.41) is 0. The summed E-state index contributed by atoms with van der Waals surface area (Å²) in [6, 6.07) is 0. The number of nitrogens with zero attached hydrogens (tertiary/aromatic N) is 1. The second-order valence-electron chi connectivity index (χ2n) is 7.95. The first-order valence-corrected chi connectivity index (χ1v) is 9.43. The minimum absolute atomic E-state index is 0.0312. The highest BCUT2D eigenvalue weighted by Crippen LogP contribution is 2.14. The molecule has 0 rings (SSSR count). The Morgan fingerprint density at radius 2 is 1.04 bits per heavy atom. The van der Waals surface area contributed by atoms with Crippen molar-refractivity contribution in [3.8, 4) is 0 Å². The first-order valence-electron chi connectivity index (χ1n) is 9.43. The summed E-state index contributed by atoms with van der Waals surface area (Å²) in [7, 11) is 0. The molecule has 8 nitrogen and oxygen atoms in total. The van der Waals surface area contributed by atoms with Gasteiger partial charge in [-0.3, -0.25) is 0 Å². The molecule has 0 fully saturated rings. The summed E-state index contributed by atoms with van der Waals surface area (Å²) in [5.74, 6) is 0. The molecule has 0 saturated heterocycles. The van der Waals surface area contributed by atoms with Gasteiger partial charge in [-0.2, -0.15) is 0 Å². The average Bonchev–Trinajstić information content (AvgIpc) is 2.49. The van der Waals surface area contributed by atoms with Crippen LogP contribution >= 0.6 is 0 Å². The number of carbonyl (C=O) groups excluding carboxylic acids is 2.